The Labute approximate surface area is 111 Å². The molecule has 0 bridgehead atoms. The lowest BCUT2D eigenvalue weighted by Crippen LogP contribution is -2.32. The molecule has 2 heterocycles. The van der Waals surface area contributed by atoms with Crippen LogP contribution in [0.5, 0.6) is 0 Å². The topological polar surface area (TPSA) is 55.0 Å². The van der Waals surface area contributed by atoms with Crippen molar-refractivity contribution in [1.29, 1.82) is 0 Å². The third kappa shape index (κ3) is 2.86. The van der Waals surface area contributed by atoms with Gasteiger partial charge in [0, 0.05) is 36.5 Å². The minimum absolute atomic E-state index is 0.366. The van der Waals surface area contributed by atoms with Crippen LogP contribution in [0, 0.1) is 0 Å². The predicted octanol–water partition coefficient (Wildman–Crippen LogP) is 2.06. The summed E-state index contributed by atoms with van der Waals surface area (Å²) < 4.78 is 0. The molecule has 2 aromatic rings. The quantitative estimate of drug-likeness (QED) is 0.896. The Kier molecular flexibility index (Phi) is 4.28. The maximum absolute atomic E-state index is 5.73. The van der Waals surface area contributed by atoms with Crippen LogP contribution in [0.1, 0.15) is 17.4 Å². The number of nitrogens with two attached hydrogens (primary N) is 1. The summed E-state index contributed by atoms with van der Waals surface area (Å²) in [6.45, 7) is 2.68. The van der Waals surface area contributed by atoms with E-state index in [0.29, 0.717) is 12.6 Å². The van der Waals surface area contributed by atoms with Gasteiger partial charge in [0.1, 0.15) is 0 Å². The highest BCUT2D eigenvalue weighted by atomic mass is 32.1. The number of hydrogen-bond acceptors (Lipinski definition) is 5. The lowest BCUT2D eigenvalue weighted by Gasteiger charge is -2.26. The van der Waals surface area contributed by atoms with E-state index in [-0.39, 0.29) is 0 Å². The Balaban J connectivity index is 2.12. The molecule has 0 saturated heterocycles. The molecule has 0 saturated carbocycles. The molecule has 5 heteroatoms. The molecular weight excluding hydrogens is 244 g/mol. The average molecular weight is 262 g/mol. The molecule has 0 amide bonds. The van der Waals surface area contributed by atoms with Gasteiger partial charge in [0.25, 0.3) is 0 Å². The van der Waals surface area contributed by atoms with E-state index in [0.717, 1.165) is 17.8 Å². The highest BCUT2D eigenvalue weighted by Crippen LogP contribution is 2.20. The van der Waals surface area contributed by atoms with E-state index in [1.807, 2.05) is 13.1 Å². The molecule has 0 aliphatic rings. The molecule has 0 fully saturated rings. The first kappa shape index (κ1) is 13.0. The van der Waals surface area contributed by atoms with Crippen LogP contribution in [0.3, 0.4) is 0 Å². The zero-order valence-electron chi connectivity index (χ0n) is 10.7. The molecule has 1 unspecified atom stereocenters. The summed E-state index contributed by atoms with van der Waals surface area (Å²) >= 11 is 1.79. The molecule has 2 aromatic heterocycles. The van der Waals surface area contributed by atoms with Crippen molar-refractivity contribution in [2.24, 2.45) is 5.73 Å². The van der Waals surface area contributed by atoms with Crippen molar-refractivity contribution in [2.75, 3.05) is 11.9 Å². The van der Waals surface area contributed by atoms with E-state index in [4.69, 9.17) is 5.73 Å². The number of nitrogens with zero attached hydrogens (tertiary/aromatic N) is 3. The Morgan fingerprint density at radius 2 is 2.28 bits per heavy atom. The van der Waals surface area contributed by atoms with Crippen molar-refractivity contribution >= 4 is 17.2 Å². The highest BCUT2D eigenvalue weighted by Gasteiger charge is 2.15. The van der Waals surface area contributed by atoms with Crippen molar-refractivity contribution < 1.29 is 0 Å². The summed E-state index contributed by atoms with van der Waals surface area (Å²) in [5.41, 5.74) is 6.77. The lowest BCUT2D eigenvalue weighted by atomic mass is 10.1. The number of rotatable bonds is 5. The van der Waals surface area contributed by atoms with Crippen LogP contribution in [-0.2, 0) is 13.0 Å². The molecule has 1 atom stereocenters. The van der Waals surface area contributed by atoms with Gasteiger partial charge in [-0.25, -0.2) is 0 Å². The SMILES string of the molecule is CC(Cc1cccs1)N(C)c1nnccc1CN. The third-order valence-corrected chi connectivity index (χ3v) is 3.97. The molecular formula is C13H18N4S. The number of thiophene rings is 1. The molecule has 18 heavy (non-hydrogen) atoms. The molecule has 4 nitrogen and oxygen atoms in total. The standard InChI is InChI=1S/C13H18N4S/c1-10(8-12-4-3-7-18-12)17(2)13-11(9-14)5-6-15-16-13/h3-7,10H,8-9,14H2,1-2H3. The normalized spacial score (nSPS) is 12.4. The van der Waals surface area contributed by atoms with Gasteiger partial charge in [0.05, 0.1) is 6.20 Å². The van der Waals surface area contributed by atoms with Gasteiger partial charge in [-0.3, -0.25) is 0 Å². The number of likely N-dealkylation sites (N-methyl/N-ethyl adjacent to an activating group) is 1. The summed E-state index contributed by atoms with van der Waals surface area (Å²) in [4.78, 5) is 3.53. The van der Waals surface area contributed by atoms with Crippen molar-refractivity contribution in [3.8, 4) is 0 Å². The number of hydrogen-bond donors (Lipinski definition) is 1. The van der Waals surface area contributed by atoms with Crippen LogP contribution in [0.15, 0.2) is 29.8 Å². The molecule has 0 radical (unpaired) electrons. The first-order chi connectivity index (χ1) is 8.72. The summed E-state index contributed by atoms with van der Waals surface area (Å²) in [6, 6.07) is 6.54. The van der Waals surface area contributed by atoms with Gasteiger partial charge in [0.2, 0.25) is 0 Å². The summed E-state index contributed by atoms with van der Waals surface area (Å²) in [5, 5.41) is 10.3. The van der Waals surface area contributed by atoms with Gasteiger partial charge in [0.15, 0.2) is 5.82 Å². The predicted molar refractivity (Wildman–Crippen MR) is 75.8 cm³/mol. The van der Waals surface area contributed by atoms with Crippen molar-refractivity contribution in [2.45, 2.75) is 25.9 Å². The fourth-order valence-electron chi connectivity index (χ4n) is 1.87. The fraction of sp³-hybridized carbons (Fsp3) is 0.385. The van der Waals surface area contributed by atoms with E-state index >= 15 is 0 Å². The Bertz CT molecular complexity index is 483. The average Bonchev–Trinajstić information content (AvgIpc) is 2.90. The minimum Gasteiger partial charge on any atom is -0.355 e. The van der Waals surface area contributed by atoms with Crippen molar-refractivity contribution in [3.63, 3.8) is 0 Å². The van der Waals surface area contributed by atoms with E-state index in [2.05, 4.69) is 39.5 Å². The molecule has 2 rings (SSSR count). The third-order valence-electron chi connectivity index (χ3n) is 3.07. The lowest BCUT2D eigenvalue weighted by molar-refractivity contribution is 0.670. The van der Waals surface area contributed by atoms with Gasteiger partial charge in [-0.2, -0.15) is 5.10 Å². The van der Waals surface area contributed by atoms with E-state index in [1.165, 1.54) is 4.88 Å². The molecule has 2 N–H and O–H groups in total. The maximum atomic E-state index is 5.73. The Morgan fingerprint density at radius 1 is 1.44 bits per heavy atom. The highest BCUT2D eigenvalue weighted by molar-refractivity contribution is 7.09. The maximum Gasteiger partial charge on any atom is 0.155 e. The second-order valence-corrected chi connectivity index (χ2v) is 5.36. The van der Waals surface area contributed by atoms with E-state index < -0.39 is 0 Å². The first-order valence-electron chi connectivity index (χ1n) is 5.98. The fourth-order valence-corrected chi connectivity index (χ4v) is 2.70. The summed E-state index contributed by atoms with van der Waals surface area (Å²) in [6.07, 6.45) is 2.69. The van der Waals surface area contributed by atoms with Crippen molar-refractivity contribution in [1.82, 2.24) is 10.2 Å². The Hall–Kier alpha value is -1.46. The van der Waals surface area contributed by atoms with Crippen LogP contribution >= 0.6 is 11.3 Å². The second-order valence-electron chi connectivity index (χ2n) is 4.33. The van der Waals surface area contributed by atoms with Crippen LogP contribution in [0.25, 0.3) is 0 Å². The molecule has 96 valence electrons. The molecule has 0 aliphatic carbocycles. The van der Waals surface area contributed by atoms with E-state index in [9.17, 15) is 0 Å². The van der Waals surface area contributed by atoms with Gasteiger partial charge >= 0.3 is 0 Å². The zero-order chi connectivity index (χ0) is 13.0. The van der Waals surface area contributed by atoms with Crippen LogP contribution in [0.2, 0.25) is 0 Å². The smallest absolute Gasteiger partial charge is 0.155 e. The van der Waals surface area contributed by atoms with E-state index in [1.54, 1.807) is 17.5 Å². The van der Waals surface area contributed by atoms with Crippen LogP contribution in [0.4, 0.5) is 5.82 Å². The van der Waals surface area contributed by atoms with Gasteiger partial charge in [-0.1, -0.05) is 6.07 Å². The molecule has 0 aliphatic heterocycles. The van der Waals surface area contributed by atoms with Crippen LogP contribution < -0.4 is 10.6 Å². The second kappa shape index (κ2) is 5.93. The first-order valence-corrected chi connectivity index (χ1v) is 6.86. The van der Waals surface area contributed by atoms with Gasteiger partial charge in [-0.05, 0) is 24.4 Å². The largest absolute Gasteiger partial charge is 0.355 e. The zero-order valence-corrected chi connectivity index (χ0v) is 11.5. The Morgan fingerprint density at radius 3 is 2.94 bits per heavy atom. The van der Waals surface area contributed by atoms with Gasteiger partial charge < -0.3 is 10.6 Å². The number of anilines is 1. The number of aromatic nitrogens is 2. The summed E-state index contributed by atoms with van der Waals surface area (Å²) in [5.74, 6) is 0.879. The van der Waals surface area contributed by atoms with Gasteiger partial charge in [-0.15, -0.1) is 16.4 Å². The monoisotopic (exact) mass is 262 g/mol. The van der Waals surface area contributed by atoms with Crippen LogP contribution in [-0.4, -0.2) is 23.3 Å². The minimum atomic E-state index is 0.366. The molecule has 0 aromatic carbocycles. The molecule has 0 spiro atoms. The van der Waals surface area contributed by atoms with Crippen molar-refractivity contribution in [3.05, 3.63) is 40.2 Å². The summed E-state index contributed by atoms with van der Waals surface area (Å²) in [7, 11) is 2.04.